The summed E-state index contributed by atoms with van der Waals surface area (Å²) in [7, 11) is 0. The van der Waals surface area contributed by atoms with Gasteiger partial charge in [0.05, 0.1) is 39.9 Å². The maximum Gasteiger partial charge on any atom is 0.296 e. The van der Waals surface area contributed by atoms with Gasteiger partial charge in [-0.2, -0.15) is 0 Å². The number of nitrogens with zero attached hydrogens (tertiary/aromatic N) is 2. The van der Waals surface area contributed by atoms with Gasteiger partial charge in [-0.25, -0.2) is 4.98 Å². The lowest BCUT2D eigenvalue weighted by Crippen LogP contribution is -2.31. The Morgan fingerprint density at radius 1 is 1.10 bits per heavy atom. The zero-order valence-electron chi connectivity index (χ0n) is 21.5. The molecule has 0 bridgehead atoms. The number of halogens is 1. The third kappa shape index (κ3) is 5.39. The van der Waals surface area contributed by atoms with Crippen LogP contribution in [0.15, 0.2) is 65.2 Å². The molecule has 1 amide bonds. The number of hydrogen-bond acceptors (Lipinski definition) is 8. The molecule has 0 fully saturated rings. The second-order valence-electron chi connectivity index (χ2n) is 8.95. The van der Waals surface area contributed by atoms with Crippen molar-refractivity contribution in [1.29, 1.82) is 0 Å². The molecule has 3 heterocycles. The number of hydrogen-bond donors (Lipinski definition) is 1. The SMILES string of the molecule is CCCCCOc1ccc(C2C(C(=O)c3cccs3)=C(O)C(=O)N2c2nc3ccc(Cl)cc3s2)cc1OCC. The van der Waals surface area contributed by atoms with Gasteiger partial charge in [0.25, 0.3) is 5.91 Å². The van der Waals surface area contributed by atoms with Crippen molar-refractivity contribution in [2.75, 3.05) is 18.1 Å². The lowest BCUT2D eigenvalue weighted by molar-refractivity contribution is -0.117. The monoisotopic (exact) mass is 582 g/mol. The lowest BCUT2D eigenvalue weighted by Gasteiger charge is -2.25. The van der Waals surface area contributed by atoms with E-state index in [0.717, 1.165) is 24.0 Å². The number of ketones is 1. The molecule has 1 N–H and O–H groups in total. The number of thiophene rings is 1. The molecule has 0 saturated heterocycles. The van der Waals surface area contributed by atoms with Crippen LogP contribution in [-0.4, -0.2) is 35.0 Å². The Hall–Kier alpha value is -3.40. The number of carbonyl (C=O) groups is 2. The molecule has 0 radical (unpaired) electrons. The molecule has 1 aliphatic rings. The highest BCUT2D eigenvalue weighted by atomic mass is 35.5. The van der Waals surface area contributed by atoms with E-state index in [2.05, 4.69) is 11.9 Å². The normalized spacial score (nSPS) is 15.4. The zero-order valence-corrected chi connectivity index (χ0v) is 23.9. The largest absolute Gasteiger partial charge is 0.503 e. The van der Waals surface area contributed by atoms with Crippen LogP contribution in [-0.2, 0) is 4.79 Å². The fraction of sp³-hybridized carbons (Fsp3) is 0.276. The number of amides is 1. The number of unbranched alkanes of at least 4 members (excludes halogenated alkanes) is 2. The van der Waals surface area contributed by atoms with Crippen molar-refractivity contribution in [2.45, 2.75) is 39.2 Å². The van der Waals surface area contributed by atoms with Gasteiger partial charge in [-0.1, -0.05) is 54.8 Å². The number of aromatic nitrogens is 1. The van der Waals surface area contributed by atoms with Gasteiger partial charge in [0, 0.05) is 5.02 Å². The Balaban J connectivity index is 1.61. The van der Waals surface area contributed by atoms with Crippen LogP contribution < -0.4 is 14.4 Å². The Morgan fingerprint density at radius 2 is 1.95 bits per heavy atom. The van der Waals surface area contributed by atoms with E-state index < -0.39 is 23.5 Å². The predicted molar refractivity (Wildman–Crippen MR) is 156 cm³/mol. The summed E-state index contributed by atoms with van der Waals surface area (Å²) < 4.78 is 12.7. The summed E-state index contributed by atoms with van der Waals surface area (Å²) in [4.78, 5) is 33.6. The summed E-state index contributed by atoms with van der Waals surface area (Å²) in [5.41, 5.74) is 1.25. The number of benzene rings is 2. The minimum Gasteiger partial charge on any atom is -0.503 e. The summed E-state index contributed by atoms with van der Waals surface area (Å²) in [6, 6.07) is 13.1. The van der Waals surface area contributed by atoms with Crippen LogP contribution in [0.5, 0.6) is 11.5 Å². The van der Waals surface area contributed by atoms with Crippen molar-refractivity contribution < 1.29 is 24.2 Å². The Morgan fingerprint density at radius 3 is 2.69 bits per heavy atom. The zero-order chi connectivity index (χ0) is 27.5. The number of thiazole rings is 1. The van der Waals surface area contributed by atoms with Crippen molar-refractivity contribution in [3.63, 3.8) is 0 Å². The smallest absolute Gasteiger partial charge is 0.296 e. The van der Waals surface area contributed by atoms with Crippen LogP contribution >= 0.6 is 34.3 Å². The summed E-state index contributed by atoms with van der Waals surface area (Å²) in [5, 5.41) is 13.8. The third-order valence-electron chi connectivity index (χ3n) is 6.33. The predicted octanol–water partition coefficient (Wildman–Crippen LogP) is 7.76. The minimum absolute atomic E-state index is 0.00111. The summed E-state index contributed by atoms with van der Waals surface area (Å²) in [6.45, 7) is 4.97. The van der Waals surface area contributed by atoms with Gasteiger partial charge in [-0.15, -0.1) is 11.3 Å². The number of rotatable bonds is 11. The number of ether oxygens (including phenoxy) is 2. The first-order chi connectivity index (χ1) is 18.9. The molecule has 7 nitrogen and oxygen atoms in total. The summed E-state index contributed by atoms with van der Waals surface area (Å²) >= 11 is 8.70. The molecule has 2 aromatic carbocycles. The topological polar surface area (TPSA) is 89.0 Å². The highest BCUT2D eigenvalue weighted by Gasteiger charge is 2.46. The standard InChI is InChI=1S/C29H27ClN2O5S2/c1-3-5-6-13-37-20-12-9-17(15-21(20)36-4-2)25-24(26(33)22-8-7-14-38-22)27(34)28(35)32(25)29-31-19-11-10-18(30)16-23(19)39-29/h7-12,14-16,25,34H,3-6,13H2,1-2H3. The number of fused-ring (bicyclic) bond motifs is 1. The van der Waals surface area contributed by atoms with E-state index in [9.17, 15) is 14.7 Å². The number of aliphatic hydroxyl groups is 1. The summed E-state index contributed by atoms with van der Waals surface area (Å²) in [5.74, 6) is -0.604. The van der Waals surface area contributed by atoms with Crippen molar-refractivity contribution in [2.24, 2.45) is 0 Å². The number of anilines is 1. The second kappa shape index (κ2) is 11.8. The van der Waals surface area contributed by atoms with Crippen LogP contribution in [0.3, 0.4) is 0 Å². The number of aliphatic hydroxyl groups excluding tert-OH is 1. The molecule has 1 unspecified atom stereocenters. The Bertz CT molecular complexity index is 1550. The van der Waals surface area contributed by atoms with Crippen molar-refractivity contribution >= 4 is 61.3 Å². The second-order valence-corrected chi connectivity index (χ2v) is 11.3. The van der Waals surface area contributed by atoms with Gasteiger partial charge in [0.1, 0.15) is 0 Å². The average molecular weight is 583 g/mol. The molecule has 5 rings (SSSR count). The first-order valence-corrected chi connectivity index (χ1v) is 14.8. The van der Waals surface area contributed by atoms with E-state index >= 15 is 0 Å². The highest BCUT2D eigenvalue weighted by Crippen LogP contribution is 2.46. The van der Waals surface area contributed by atoms with E-state index in [1.54, 1.807) is 53.9 Å². The maximum atomic E-state index is 13.6. The first-order valence-electron chi connectivity index (χ1n) is 12.7. The summed E-state index contributed by atoms with van der Waals surface area (Å²) in [6.07, 6.45) is 3.07. The van der Waals surface area contributed by atoms with Crippen LogP contribution in [0.25, 0.3) is 10.2 Å². The number of carbonyl (C=O) groups excluding carboxylic acids is 2. The fourth-order valence-electron chi connectivity index (χ4n) is 4.50. The van der Waals surface area contributed by atoms with Crippen molar-refractivity contribution in [1.82, 2.24) is 4.98 Å². The molecule has 1 aliphatic heterocycles. The van der Waals surface area contributed by atoms with Gasteiger partial charge >= 0.3 is 0 Å². The Kier molecular flexibility index (Phi) is 8.20. The van der Waals surface area contributed by atoms with Crippen LogP contribution in [0, 0.1) is 0 Å². The average Bonchev–Trinajstić information content (AvgIpc) is 3.66. The van der Waals surface area contributed by atoms with E-state index in [1.807, 2.05) is 6.92 Å². The fourth-order valence-corrected chi connectivity index (χ4v) is 6.44. The van der Waals surface area contributed by atoms with Crippen molar-refractivity contribution in [3.8, 4) is 11.5 Å². The van der Waals surface area contributed by atoms with Gasteiger partial charge in [-0.05, 0) is 60.7 Å². The molecule has 2 aromatic heterocycles. The molecular weight excluding hydrogens is 556 g/mol. The maximum absolute atomic E-state index is 13.6. The highest BCUT2D eigenvalue weighted by molar-refractivity contribution is 7.22. The van der Waals surface area contributed by atoms with E-state index in [4.69, 9.17) is 21.1 Å². The molecule has 4 aromatic rings. The molecule has 0 saturated carbocycles. The van der Waals surface area contributed by atoms with Gasteiger partial charge in [0.2, 0.25) is 5.78 Å². The van der Waals surface area contributed by atoms with Gasteiger partial charge in [0.15, 0.2) is 22.4 Å². The third-order valence-corrected chi connectivity index (χ3v) is 8.45. The molecule has 0 spiro atoms. The quantitative estimate of drug-likeness (QED) is 0.144. The van der Waals surface area contributed by atoms with Crippen LogP contribution in [0.1, 0.15) is 54.4 Å². The first kappa shape index (κ1) is 27.2. The van der Waals surface area contributed by atoms with Crippen LogP contribution in [0.4, 0.5) is 5.13 Å². The van der Waals surface area contributed by atoms with Gasteiger partial charge in [-0.3, -0.25) is 14.5 Å². The molecule has 1 atom stereocenters. The van der Waals surface area contributed by atoms with Crippen molar-refractivity contribution in [3.05, 3.63) is 80.7 Å². The minimum atomic E-state index is -0.920. The Labute approximate surface area is 239 Å². The van der Waals surface area contributed by atoms with E-state index in [0.29, 0.717) is 50.8 Å². The van der Waals surface area contributed by atoms with Crippen LogP contribution in [0.2, 0.25) is 5.02 Å². The number of Topliss-reactive ketones (excluding diaryl/α,β-unsaturated/α-hetero) is 1. The van der Waals surface area contributed by atoms with Gasteiger partial charge < -0.3 is 14.6 Å². The molecule has 202 valence electrons. The molecular formula is C29H27ClN2O5S2. The van der Waals surface area contributed by atoms with E-state index in [-0.39, 0.29) is 5.57 Å². The molecule has 0 aliphatic carbocycles. The molecule has 39 heavy (non-hydrogen) atoms. The van der Waals surface area contributed by atoms with E-state index in [1.165, 1.54) is 27.6 Å². The molecule has 10 heteroatoms. The lowest BCUT2D eigenvalue weighted by atomic mass is 9.95.